The van der Waals surface area contributed by atoms with E-state index >= 15 is 4.79 Å². The van der Waals surface area contributed by atoms with Crippen molar-refractivity contribution in [3.63, 3.8) is 0 Å². The minimum atomic E-state index is -1.02. The Morgan fingerprint density at radius 1 is 0.857 bits per heavy atom. The van der Waals surface area contributed by atoms with Crippen LogP contribution in [0.1, 0.15) is 70.3 Å². The molecule has 2 aromatic carbocycles. The first-order valence-electron chi connectivity index (χ1n) is 17.1. The summed E-state index contributed by atoms with van der Waals surface area (Å²) in [5.74, 6) is 1.25. The monoisotopic (exact) mass is 704 g/mol. The van der Waals surface area contributed by atoms with E-state index in [1.165, 1.54) is 0 Å². The van der Waals surface area contributed by atoms with E-state index in [4.69, 9.17) is 37.9 Å². The molecule has 2 atom stereocenters. The van der Waals surface area contributed by atoms with E-state index < -0.39 is 11.1 Å². The van der Waals surface area contributed by atoms with Crippen LogP contribution >= 0.6 is 23.2 Å². The van der Waals surface area contributed by atoms with Gasteiger partial charge in [0.15, 0.2) is 0 Å². The van der Waals surface area contributed by atoms with E-state index in [2.05, 4.69) is 39.5 Å². The van der Waals surface area contributed by atoms with Crippen molar-refractivity contribution >= 4 is 41.0 Å². The zero-order valence-corrected chi connectivity index (χ0v) is 30.8. The number of amides is 3. The van der Waals surface area contributed by atoms with Gasteiger partial charge in [0.05, 0.1) is 18.7 Å². The van der Waals surface area contributed by atoms with Gasteiger partial charge in [-0.15, -0.1) is 0 Å². The maximum absolute atomic E-state index is 15.2. The van der Waals surface area contributed by atoms with Gasteiger partial charge in [-0.2, -0.15) is 0 Å². The maximum atomic E-state index is 15.2. The number of pyridine rings is 1. The summed E-state index contributed by atoms with van der Waals surface area (Å²) < 4.78 is 6.27. The molecule has 0 N–H and O–H groups in total. The lowest BCUT2D eigenvalue weighted by molar-refractivity contribution is -0.136. The Morgan fingerprint density at radius 3 is 1.98 bits per heavy atom. The molecular formula is C38H46Cl2N6O3. The van der Waals surface area contributed by atoms with Crippen LogP contribution in [-0.2, 0) is 21.3 Å². The van der Waals surface area contributed by atoms with E-state index in [-0.39, 0.29) is 17.4 Å². The fourth-order valence-corrected chi connectivity index (χ4v) is 7.20. The van der Waals surface area contributed by atoms with E-state index in [1.807, 2.05) is 76.2 Å². The Bertz CT molecular complexity index is 1730. The lowest BCUT2D eigenvalue weighted by Crippen LogP contribution is -2.61. The number of halogens is 2. The standard InChI is InChI=1S/C38H46Cl2N6O3/c1-7-49-31-23-32(36(2,3)4)41-24-30(31)34-42-37(5,26-9-13-28(39)14-10-26)38(6,27-11-15-29(40)16-12-27)46(34)35(48)45-21-19-43(20-22-45)25-33(47)44-17-8-18-44/h9-16,23-24H,7-8,17-22,25H2,1-6H3/t37-,38-/m1/s1. The average Bonchev–Trinajstić information content (AvgIpc) is 3.28. The minimum absolute atomic E-state index is 0.156. The van der Waals surface area contributed by atoms with Crippen molar-refractivity contribution in [2.75, 3.05) is 52.4 Å². The van der Waals surface area contributed by atoms with Crippen LogP contribution in [0.15, 0.2) is 65.8 Å². The van der Waals surface area contributed by atoms with Crippen LogP contribution in [-0.4, -0.2) is 94.8 Å². The lowest BCUT2D eigenvalue weighted by Gasteiger charge is -2.47. The first kappa shape index (κ1) is 35.2. The molecule has 11 heteroatoms. The molecule has 4 heterocycles. The second kappa shape index (κ2) is 13.6. The molecule has 3 amide bonds. The van der Waals surface area contributed by atoms with Gasteiger partial charge in [-0.25, -0.2) is 4.79 Å². The van der Waals surface area contributed by atoms with Crippen molar-refractivity contribution in [3.8, 4) is 5.75 Å². The zero-order valence-electron chi connectivity index (χ0n) is 29.3. The SMILES string of the molecule is CCOc1cc(C(C)(C)C)ncc1C1=N[C@](C)(c2ccc(Cl)cc2)[C@@](C)(c2ccc(Cl)cc2)N1C(=O)N1CCN(CC(=O)N2CCC2)CC1. The molecule has 0 aliphatic carbocycles. The van der Waals surface area contributed by atoms with Gasteiger partial charge in [-0.05, 0) is 62.6 Å². The summed E-state index contributed by atoms with van der Waals surface area (Å²) in [7, 11) is 0. The van der Waals surface area contributed by atoms with Crippen molar-refractivity contribution in [2.24, 2.45) is 4.99 Å². The summed E-state index contributed by atoms with van der Waals surface area (Å²) in [6.45, 7) is 17.0. The number of piperazine rings is 1. The molecule has 3 aliphatic heterocycles. The van der Waals surface area contributed by atoms with Gasteiger partial charge >= 0.3 is 6.03 Å². The number of rotatable bonds is 7. The van der Waals surface area contributed by atoms with E-state index in [0.717, 1.165) is 36.3 Å². The summed E-state index contributed by atoms with van der Waals surface area (Å²) in [4.78, 5) is 46.0. The van der Waals surface area contributed by atoms with Gasteiger partial charge in [0.2, 0.25) is 5.91 Å². The fourth-order valence-electron chi connectivity index (χ4n) is 6.95. The normalized spacial score (nSPS) is 22.9. The third kappa shape index (κ3) is 6.53. The Morgan fingerprint density at radius 2 is 1.45 bits per heavy atom. The molecule has 1 aromatic heterocycles. The molecule has 2 fully saturated rings. The molecule has 0 bridgehead atoms. The molecule has 2 saturated heterocycles. The van der Waals surface area contributed by atoms with Crippen LogP contribution in [0.5, 0.6) is 5.75 Å². The highest BCUT2D eigenvalue weighted by Gasteiger charge is 2.60. The van der Waals surface area contributed by atoms with Crippen LogP contribution in [0.4, 0.5) is 4.79 Å². The number of hydrogen-bond acceptors (Lipinski definition) is 6. The lowest BCUT2D eigenvalue weighted by atomic mass is 9.71. The number of amidine groups is 1. The molecule has 3 aliphatic rings. The summed E-state index contributed by atoms with van der Waals surface area (Å²) in [6.07, 6.45) is 2.86. The zero-order chi connectivity index (χ0) is 35.1. The van der Waals surface area contributed by atoms with Crippen LogP contribution in [0.2, 0.25) is 10.0 Å². The molecule has 0 saturated carbocycles. The number of carbonyl (C=O) groups is 2. The quantitative estimate of drug-likeness (QED) is 0.266. The Balaban J connectivity index is 1.47. The fraction of sp³-hybridized carbons (Fsp3) is 0.474. The van der Waals surface area contributed by atoms with Crippen LogP contribution in [0.25, 0.3) is 0 Å². The summed E-state index contributed by atoms with van der Waals surface area (Å²) in [5, 5.41) is 1.21. The largest absolute Gasteiger partial charge is 0.493 e. The van der Waals surface area contributed by atoms with Crippen molar-refractivity contribution in [1.29, 1.82) is 0 Å². The number of aromatic nitrogens is 1. The molecule has 0 spiro atoms. The highest BCUT2D eigenvalue weighted by Crippen LogP contribution is 2.54. The van der Waals surface area contributed by atoms with Gasteiger partial charge in [-0.3, -0.25) is 24.6 Å². The number of ether oxygens (including phenoxy) is 1. The number of aliphatic imine (C=N–C) groups is 1. The second-order valence-corrected chi connectivity index (χ2v) is 15.3. The number of benzene rings is 2. The number of likely N-dealkylation sites (tertiary alicyclic amines) is 1. The predicted octanol–water partition coefficient (Wildman–Crippen LogP) is 6.95. The average molecular weight is 706 g/mol. The molecule has 49 heavy (non-hydrogen) atoms. The first-order valence-corrected chi connectivity index (χ1v) is 17.9. The minimum Gasteiger partial charge on any atom is -0.493 e. The van der Waals surface area contributed by atoms with Gasteiger partial charge in [0, 0.05) is 72.7 Å². The number of carbonyl (C=O) groups excluding carboxylic acids is 2. The predicted molar refractivity (Wildman–Crippen MR) is 195 cm³/mol. The highest BCUT2D eigenvalue weighted by atomic mass is 35.5. The second-order valence-electron chi connectivity index (χ2n) is 14.5. The highest BCUT2D eigenvalue weighted by molar-refractivity contribution is 6.30. The summed E-state index contributed by atoms with van der Waals surface area (Å²) in [6, 6.07) is 17.1. The Labute approximate surface area is 299 Å². The molecule has 0 unspecified atom stereocenters. The van der Waals surface area contributed by atoms with E-state index in [9.17, 15) is 4.79 Å². The van der Waals surface area contributed by atoms with Crippen molar-refractivity contribution in [2.45, 2.75) is 64.5 Å². The van der Waals surface area contributed by atoms with Gasteiger partial charge < -0.3 is 14.5 Å². The number of nitrogens with zero attached hydrogens (tertiary/aromatic N) is 6. The molecule has 3 aromatic rings. The molecule has 9 nitrogen and oxygen atoms in total. The Hall–Kier alpha value is -3.66. The number of urea groups is 1. The smallest absolute Gasteiger partial charge is 0.326 e. The van der Waals surface area contributed by atoms with Crippen LogP contribution in [0.3, 0.4) is 0 Å². The molecule has 0 radical (unpaired) electrons. The van der Waals surface area contributed by atoms with E-state index in [1.54, 1.807) is 6.20 Å². The maximum Gasteiger partial charge on any atom is 0.326 e. The van der Waals surface area contributed by atoms with Crippen LogP contribution < -0.4 is 4.74 Å². The summed E-state index contributed by atoms with van der Waals surface area (Å²) in [5.41, 5.74) is 1.08. The summed E-state index contributed by atoms with van der Waals surface area (Å²) >= 11 is 12.8. The van der Waals surface area contributed by atoms with Crippen molar-refractivity contribution in [1.82, 2.24) is 24.6 Å². The van der Waals surface area contributed by atoms with Crippen LogP contribution in [0, 0.1) is 0 Å². The molecule has 6 rings (SSSR count). The number of hydrogen-bond donors (Lipinski definition) is 0. The topological polar surface area (TPSA) is 81.6 Å². The third-order valence-electron chi connectivity index (χ3n) is 10.3. The van der Waals surface area contributed by atoms with Gasteiger partial charge in [0.1, 0.15) is 22.7 Å². The first-order chi connectivity index (χ1) is 23.3. The van der Waals surface area contributed by atoms with Gasteiger partial charge in [0.25, 0.3) is 0 Å². The van der Waals surface area contributed by atoms with E-state index in [0.29, 0.717) is 66.5 Å². The third-order valence-corrected chi connectivity index (χ3v) is 10.8. The van der Waals surface area contributed by atoms with Crippen molar-refractivity contribution in [3.05, 3.63) is 93.2 Å². The Kier molecular flexibility index (Phi) is 9.74. The molecular weight excluding hydrogens is 659 g/mol. The van der Waals surface area contributed by atoms with Gasteiger partial charge in [-0.1, -0.05) is 68.2 Å². The molecule has 260 valence electrons. The van der Waals surface area contributed by atoms with Crippen molar-refractivity contribution < 1.29 is 14.3 Å².